The van der Waals surface area contributed by atoms with Crippen molar-refractivity contribution in [3.63, 3.8) is 0 Å². The first-order chi connectivity index (χ1) is 14.3. The van der Waals surface area contributed by atoms with Crippen molar-refractivity contribution in [2.75, 3.05) is 17.8 Å². The number of hydrogen-bond acceptors (Lipinski definition) is 5. The summed E-state index contributed by atoms with van der Waals surface area (Å²) in [5.41, 5.74) is 1.30. The third-order valence-electron chi connectivity index (χ3n) is 5.21. The number of para-hydroxylation sites is 1. The van der Waals surface area contributed by atoms with Gasteiger partial charge in [-0.1, -0.05) is 23.5 Å². The number of benzene rings is 2. The third-order valence-corrected chi connectivity index (χ3v) is 7.49. The average molecular weight is 446 g/mol. The molecular formula is C21H23N3O4S2. The van der Waals surface area contributed by atoms with E-state index in [2.05, 4.69) is 4.72 Å². The van der Waals surface area contributed by atoms with Crippen LogP contribution in [0.1, 0.15) is 43.1 Å². The van der Waals surface area contributed by atoms with Crippen molar-refractivity contribution in [1.82, 2.24) is 9.47 Å². The van der Waals surface area contributed by atoms with Gasteiger partial charge in [-0.25, -0.2) is 8.42 Å². The van der Waals surface area contributed by atoms with E-state index in [9.17, 15) is 18.0 Å². The normalized spacial score (nSPS) is 14.6. The predicted molar refractivity (Wildman–Crippen MR) is 119 cm³/mol. The number of rotatable bonds is 5. The van der Waals surface area contributed by atoms with E-state index >= 15 is 0 Å². The molecule has 158 valence electrons. The monoisotopic (exact) mass is 445 g/mol. The fraction of sp³-hybridized carbons (Fsp3) is 0.333. The quantitative estimate of drug-likeness (QED) is 0.649. The highest BCUT2D eigenvalue weighted by Crippen LogP contribution is 2.27. The van der Waals surface area contributed by atoms with Gasteiger partial charge in [0.25, 0.3) is 15.9 Å². The maximum Gasteiger partial charge on any atom is 0.308 e. The molecule has 1 aliphatic rings. The van der Waals surface area contributed by atoms with Crippen LogP contribution in [-0.2, 0) is 10.0 Å². The Morgan fingerprint density at radius 1 is 1.10 bits per heavy atom. The second-order valence-corrected chi connectivity index (χ2v) is 10.3. The van der Waals surface area contributed by atoms with E-state index in [0.29, 0.717) is 28.9 Å². The van der Waals surface area contributed by atoms with Gasteiger partial charge in [0.1, 0.15) is 0 Å². The molecule has 1 aromatic heterocycles. The zero-order chi connectivity index (χ0) is 21.5. The van der Waals surface area contributed by atoms with Crippen LogP contribution in [0.5, 0.6) is 0 Å². The Bertz CT molecular complexity index is 1270. The predicted octanol–water partition coefficient (Wildman–Crippen LogP) is 3.68. The zero-order valence-electron chi connectivity index (χ0n) is 16.8. The molecule has 30 heavy (non-hydrogen) atoms. The maximum atomic E-state index is 13.1. The molecule has 4 rings (SSSR count). The number of carbonyl (C=O) groups excluding carboxylic acids is 1. The van der Waals surface area contributed by atoms with Gasteiger partial charge in [-0.2, -0.15) is 0 Å². The van der Waals surface area contributed by atoms with E-state index in [1.807, 2.05) is 13.8 Å². The Morgan fingerprint density at radius 3 is 2.50 bits per heavy atom. The summed E-state index contributed by atoms with van der Waals surface area (Å²) in [6, 6.07) is 11.3. The molecule has 0 atom stereocenters. The molecule has 0 spiro atoms. The Balaban J connectivity index is 1.69. The Morgan fingerprint density at radius 2 is 1.80 bits per heavy atom. The van der Waals surface area contributed by atoms with E-state index in [4.69, 9.17) is 0 Å². The molecule has 7 nitrogen and oxygen atoms in total. The van der Waals surface area contributed by atoms with Crippen molar-refractivity contribution in [2.45, 2.75) is 37.6 Å². The van der Waals surface area contributed by atoms with E-state index in [-0.39, 0.29) is 27.4 Å². The summed E-state index contributed by atoms with van der Waals surface area (Å²) >= 11 is 1.02. The van der Waals surface area contributed by atoms with Crippen molar-refractivity contribution < 1.29 is 13.2 Å². The number of anilines is 1. The molecule has 1 amide bonds. The first-order valence-electron chi connectivity index (χ1n) is 9.84. The second kappa shape index (κ2) is 7.88. The number of thiazole rings is 1. The van der Waals surface area contributed by atoms with Gasteiger partial charge in [-0.15, -0.1) is 0 Å². The van der Waals surface area contributed by atoms with Crippen molar-refractivity contribution in [3.05, 3.63) is 57.7 Å². The summed E-state index contributed by atoms with van der Waals surface area (Å²) in [7, 11) is -3.93. The number of fused-ring (bicyclic) bond motifs is 1. The average Bonchev–Trinajstić information content (AvgIpc) is 3.34. The molecule has 2 aromatic carbocycles. The van der Waals surface area contributed by atoms with Crippen LogP contribution >= 0.6 is 11.3 Å². The summed E-state index contributed by atoms with van der Waals surface area (Å²) in [5, 5.41) is 0. The molecule has 1 fully saturated rings. The largest absolute Gasteiger partial charge is 0.339 e. The Kier molecular flexibility index (Phi) is 5.42. The van der Waals surface area contributed by atoms with E-state index in [1.165, 1.54) is 12.1 Å². The van der Waals surface area contributed by atoms with Gasteiger partial charge in [-0.3, -0.25) is 18.9 Å². The standard InChI is InChI=1S/C21H23N3O4S2/c1-14(2)24-18-10-9-15(13-19(18)29-21(24)26)30(27,28)22-17-8-4-3-7-16(17)20(25)23-11-5-6-12-23/h3-4,7-10,13-14,22H,5-6,11-12H2,1-2H3. The topological polar surface area (TPSA) is 88.5 Å². The van der Waals surface area contributed by atoms with E-state index < -0.39 is 10.0 Å². The van der Waals surface area contributed by atoms with Crippen LogP contribution < -0.4 is 9.60 Å². The minimum absolute atomic E-state index is 0.0182. The summed E-state index contributed by atoms with van der Waals surface area (Å²) in [6.45, 7) is 5.19. The van der Waals surface area contributed by atoms with Crippen LogP contribution in [0.25, 0.3) is 10.2 Å². The first kappa shape index (κ1) is 20.6. The van der Waals surface area contributed by atoms with Gasteiger partial charge < -0.3 is 4.90 Å². The lowest BCUT2D eigenvalue weighted by molar-refractivity contribution is 0.0794. The summed E-state index contributed by atoms with van der Waals surface area (Å²) in [4.78, 5) is 26.7. The van der Waals surface area contributed by atoms with Gasteiger partial charge >= 0.3 is 4.87 Å². The molecule has 0 unspecified atom stereocenters. The summed E-state index contributed by atoms with van der Waals surface area (Å²) in [6.07, 6.45) is 1.91. The lowest BCUT2D eigenvalue weighted by Crippen LogP contribution is -2.28. The highest BCUT2D eigenvalue weighted by molar-refractivity contribution is 7.92. The van der Waals surface area contributed by atoms with Crippen molar-refractivity contribution in [1.29, 1.82) is 0 Å². The van der Waals surface area contributed by atoms with Crippen LogP contribution in [0.3, 0.4) is 0 Å². The molecule has 1 aliphatic heterocycles. The number of aromatic nitrogens is 1. The molecule has 0 radical (unpaired) electrons. The molecule has 9 heteroatoms. The van der Waals surface area contributed by atoms with Crippen LogP contribution in [0.2, 0.25) is 0 Å². The minimum Gasteiger partial charge on any atom is -0.339 e. The number of hydrogen-bond donors (Lipinski definition) is 1. The van der Waals surface area contributed by atoms with E-state index in [0.717, 1.165) is 24.2 Å². The lowest BCUT2D eigenvalue weighted by atomic mass is 10.1. The number of carbonyl (C=O) groups is 1. The third kappa shape index (κ3) is 3.75. The molecule has 3 aromatic rings. The van der Waals surface area contributed by atoms with Crippen molar-refractivity contribution >= 4 is 43.2 Å². The molecule has 2 heterocycles. The fourth-order valence-electron chi connectivity index (χ4n) is 3.73. The SMILES string of the molecule is CC(C)n1c(=O)sc2cc(S(=O)(=O)Nc3ccccc3C(=O)N3CCCC3)ccc21. The first-order valence-corrected chi connectivity index (χ1v) is 12.1. The molecule has 0 aliphatic carbocycles. The molecule has 0 bridgehead atoms. The molecular weight excluding hydrogens is 422 g/mol. The summed E-state index contributed by atoms with van der Waals surface area (Å²) < 4.78 is 30.9. The van der Waals surface area contributed by atoms with Crippen LogP contribution in [0.4, 0.5) is 5.69 Å². The number of likely N-dealkylation sites (tertiary alicyclic amines) is 1. The Hall–Kier alpha value is -2.65. The molecule has 0 saturated carbocycles. The van der Waals surface area contributed by atoms with E-state index in [1.54, 1.807) is 39.8 Å². The van der Waals surface area contributed by atoms with Gasteiger partial charge in [0.2, 0.25) is 0 Å². The number of sulfonamides is 1. The van der Waals surface area contributed by atoms with Crippen LogP contribution in [0, 0.1) is 0 Å². The minimum atomic E-state index is -3.93. The van der Waals surface area contributed by atoms with Gasteiger partial charge in [0, 0.05) is 19.1 Å². The van der Waals surface area contributed by atoms with Crippen molar-refractivity contribution in [2.24, 2.45) is 0 Å². The second-order valence-electron chi connectivity index (χ2n) is 7.61. The lowest BCUT2D eigenvalue weighted by Gasteiger charge is -2.18. The number of nitrogens with one attached hydrogen (secondary N) is 1. The number of amides is 1. The number of nitrogens with zero attached hydrogens (tertiary/aromatic N) is 2. The fourth-order valence-corrected chi connectivity index (χ4v) is 5.96. The van der Waals surface area contributed by atoms with Crippen LogP contribution in [-0.4, -0.2) is 36.9 Å². The molecule has 1 saturated heterocycles. The van der Waals surface area contributed by atoms with Crippen LogP contribution in [0.15, 0.2) is 52.2 Å². The highest BCUT2D eigenvalue weighted by Gasteiger charge is 2.24. The van der Waals surface area contributed by atoms with Gasteiger partial charge in [0.05, 0.1) is 26.4 Å². The van der Waals surface area contributed by atoms with Gasteiger partial charge in [-0.05, 0) is 57.0 Å². The molecule has 1 N–H and O–H groups in total. The summed E-state index contributed by atoms with van der Waals surface area (Å²) in [5.74, 6) is -0.173. The van der Waals surface area contributed by atoms with Crippen molar-refractivity contribution in [3.8, 4) is 0 Å². The smallest absolute Gasteiger partial charge is 0.308 e. The maximum absolute atomic E-state index is 13.1. The zero-order valence-corrected chi connectivity index (χ0v) is 18.4. The Labute approximate surface area is 179 Å². The van der Waals surface area contributed by atoms with Gasteiger partial charge in [0.15, 0.2) is 0 Å². The highest BCUT2D eigenvalue weighted by atomic mass is 32.2.